The van der Waals surface area contributed by atoms with Gasteiger partial charge in [0.1, 0.15) is 11.4 Å². The quantitative estimate of drug-likeness (QED) is 0.645. The number of benzene rings is 3. The van der Waals surface area contributed by atoms with Gasteiger partial charge >= 0.3 is 0 Å². The van der Waals surface area contributed by atoms with E-state index < -0.39 is 6.17 Å². The molecule has 8 heteroatoms. The van der Waals surface area contributed by atoms with Crippen molar-refractivity contribution in [2.75, 3.05) is 0 Å². The van der Waals surface area contributed by atoms with Crippen LogP contribution in [0.1, 0.15) is 17.3 Å². The summed E-state index contributed by atoms with van der Waals surface area (Å²) < 4.78 is 0. The number of amides is 1. The molecule has 2 aliphatic heterocycles. The topological polar surface area (TPSA) is 77.3 Å². The third kappa shape index (κ3) is 3.89. The summed E-state index contributed by atoms with van der Waals surface area (Å²) >= 11 is 7.38. The first-order valence-corrected chi connectivity index (χ1v) is 11.0. The highest BCUT2D eigenvalue weighted by atomic mass is 35.5. The zero-order chi connectivity index (χ0) is 21.4. The molecule has 0 aliphatic carbocycles. The zero-order valence-electron chi connectivity index (χ0n) is 16.2. The number of hydrogen-bond acceptors (Lipinski definition) is 6. The Kier molecular flexibility index (Phi) is 5.13. The van der Waals surface area contributed by atoms with Gasteiger partial charge in [0.15, 0.2) is 11.3 Å². The molecular formula is C23H17ClN4O2S. The summed E-state index contributed by atoms with van der Waals surface area (Å²) in [6.07, 6.45) is -0.561. The third-order valence-electron chi connectivity index (χ3n) is 4.97. The highest BCUT2D eigenvalue weighted by Crippen LogP contribution is 2.32. The summed E-state index contributed by atoms with van der Waals surface area (Å²) in [7, 11) is 0. The largest absolute Gasteiger partial charge is 0.508 e. The summed E-state index contributed by atoms with van der Waals surface area (Å²) in [5.41, 5.74) is 2.25. The zero-order valence-corrected chi connectivity index (χ0v) is 17.8. The predicted octanol–water partition coefficient (Wildman–Crippen LogP) is 3.12. The molecule has 0 bridgehead atoms. The minimum absolute atomic E-state index is 0.135. The smallest absolute Gasteiger partial charge is 0.276 e. The number of thioether (sulfide) groups is 1. The highest BCUT2D eigenvalue weighted by molar-refractivity contribution is 8.13. The monoisotopic (exact) mass is 448 g/mol. The van der Waals surface area contributed by atoms with Gasteiger partial charge in [-0.2, -0.15) is 0 Å². The molecule has 2 N–H and O–H groups in total. The summed E-state index contributed by atoms with van der Waals surface area (Å²) in [6.45, 7) is 0. The number of hydrazone groups is 1. The number of halogens is 1. The van der Waals surface area contributed by atoms with Crippen molar-refractivity contribution in [3.8, 4) is 5.75 Å². The van der Waals surface area contributed by atoms with Crippen molar-refractivity contribution in [1.29, 1.82) is 0 Å². The van der Waals surface area contributed by atoms with Crippen LogP contribution in [-0.4, -0.2) is 21.2 Å². The molecule has 2 heterocycles. The standard InChI is InChI=1S/C23H17ClN4O2S/c24-16-10-8-14(9-11-16)13-31-23-26-22(30)20-18-6-1-2-7-19(18)25-21(28(20)27-23)15-4-3-5-17(29)12-15/h1-12,21,29H,13H2,(H,26,27,30). The summed E-state index contributed by atoms with van der Waals surface area (Å²) in [4.78, 5) is 17.9. The van der Waals surface area contributed by atoms with Crippen molar-refractivity contribution in [3.63, 3.8) is 0 Å². The Balaban J connectivity index is 1.55. The molecule has 31 heavy (non-hydrogen) atoms. The lowest BCUT2D eigenvalue weighted by Gasteiger charge is -2.34. The van der Waals surface area contributed by atoms with Crippen LogP contribution in [0.4, 0.5) is 0 Å². The van der Waals surface area contributed by atoms with Gasteiger partial charge in [-0.1, -0.05) is 65.8 Å². The Morgan fingerprint density at radius 1 is 1.06 bits per heavy atom. The van der Waals surface area contributed by atoms with E-state index in [0.717, 1.165) is 16.3 Å². The molecule has 1 atom stereocenters. The Morgan fingerprint density at radius 3 is 2.68 bits per heavy atom. The van der Waals surface area contributed by atoms with Gasteiger partial charge in [0.05, 0.1) is 5.36 Å². The third-order valence-corrected chi connectivity index (χ3v) is 6.16. The van der Waals surface area contributed by atoms with Crippen LogP contribution in [0.25, 0.3) is 5.70 Å². The molecule has 0 radical (unpaired) electrons. The fraction of sp³-hybridized carbons (Fsp3) is 0.0870. The van der Waals surface area contributed by atoms with E-state index >= 15 is 0 Å². The van der Waals surface area contributed by atoms with Crippen LogP contribution in [0.3, 0.4) is 0 Å². The van der Waals surface area contributed by atoms with Crippen molar-refractivity contribution in [1.82, 2.24) is 10.3 Å². The van der Waals surface area contributed by atoms with Crippen LogP contribution >= 0.6 is 23.4 Å². The number of amidine groups is 1. The molecule has 0 spiro atoms. The Bertz CT molecular complexity index is 1320. The number of fused-ring (bicyclic) bond motifs is 2. The molecule has 0 saturated carbocycles. The van der Waals surface area contributed by atoms with E-state index in [1.165, 1.54) is 11.8 Å². The van der Waals surface area contributed by atoms with Gasteiger partial charge in [-0.3, -0.25) is 15.1 Å². The first-order chi connectivity index (χ1) is 15.1. The Morgan fingerprint density at radius 2 is 1.87 bits per heavy atom. The van der Waals surface area contributed by atoms with Crippen molar-refractivity contribution in [3.05, 3.63) is 99.5 Å². The minimum Gasteiger partial charge on any atom is -0.508 e. The minimum atomic E-state index is -0.561. The van der Waals surface area contributed by atoms with Gasteiger partial charge < -0.3 is 5.11 Å². The second-order valence-electron chi connectivity index (χ2n) is 7.08. The lowest BCUT2D eigenvalue weighted by atomic mass is 10.1. The molecule has 3 aromatic rings. The predicted molar refractivity (Wildman–Crippen MR) is 122 cm³/mol. The number of hydrogen-bond donors (Lipinski definition) is 2. The molecule has 6 nitrogen and oxygen atoms in total. The number of rotatable bonds is 3. The lowest BCUT2D eigenvalue weighted by Crippen LogP contribution is -2.50. The molecule has 154 valence electrons. The van der Waals surface area contributed by atoms with E-state index in [2.05, 4.69) is 5.32 Å². The number of carbonyl (C=O) groups excluding carboxylic acids is 1. The van der Waals surface area contributed by atoms with E-state index in [1.54, 1.807) is 23.2 Å². The van der Waals surface area contributed by atoms with Gasteiger partial charge in [0.2, 0.25) is 0 Å². The number of nitrogens with one attached hydrogen (secondary N) is 1. The van der Waals surface area contributed by atoms with Crippen LogP contribution in [0.15, 0.2) is 82.9 Å². The van der Waals surface area contributed by atoms with Gasteiger partial charge in [0.25, 0.3) is 5.91 Å². The molecule has 5 rings (SSSR count). The number of nitrogens with zero attached hydrogens (tertiary/aromatic N) is 3. The SMILES string of the molecule is O=C1NC(SCc2ccc(Cl)cc2)=NN2C1=c1ccccc1=NC2c1cccc(O)c1. The molecule has 2 aliphatic rings. The van der Waals surface area contributed by atoms with Crippen LogP contribution < -0.4 is 15.9 Å². The van der Waals surface area contributed by atoms with Crippen molar-refractivity contribution >= 4 is 40.1 Å². The van der Waals surface area contributed by atoms with E-state index in [-0.39, 0.29) is 11.7 Å². The maximum Gasteiger partial charge on any atom is 0.276 e. The normalized spacial score (nSPS) is 17.3. The van der Waals surface area contributed by atoms with E-state index in [9.17, 15) is 9.90 Å². The van der Waals surface area contributed by atoms with Crippen molar-refractivity contribution in [2.45, 2.75) is 11.9 Å². The summed E-state index contributed by atoms with van der Waals surface area (Å²) in [5.74, 6) is 0.529. The number of aromatic hydroxyl groups is 1. The maximum absolute atomic E-state index is 13.1. The van der Waals surface area contributed by atoms with Gasteiger partial charge in [0, 0.05) is 21.6 Å². The van der Waals surface area contributed by atoms with E-state index in [4.69, 9.17) is 21.7 Å². The number of carbonyl (C=O) groups is 1. The summed E-state index contributed by atoms with van der Waals surface area (Å²) in [6, 6.07) is 21.9. The van der Waals surface area contributed by atoms with Crippen molar-refractivity contribution in [2.24, 2.45) is 10.1 Å². The molecule has 0 fully saturated rings. The fourth-order valence-electron chi connectivity index (χ4n) is 3.53. The number of phenolic OH excluding ortho intramolecular Hbond substituents is 1. The van der Waals surface area contributed by atoms with Crippen LogP contribution in [-0.2, 0) is 10.5 Å². The van der Waals surface area contributed by atoms with Crippen LogP contribution in [0.5, 0.6) is 5.75 Å². The molecule has 0 saturated heterocycles. The molecule has 3 aromatic carbocycles. The first kappa shape index (κ1) is 19.7. The van der Waals surface area contributed by atoms with Crippen LogP contribution in [0.2, 0.25) is 5.02 Å². The Labute approximate surface area is 187 Å². The average molecular weight is 449 g/mol. The van der Waals surface area contributed by atoms with E-state index in [1.807, 2.05) is 54.6 Å². The van der Waals surface area contributed by atoms with Gasteiger partial charge in [-0.15, -0.1) is 5.10 Å². The Hall–Kier alpha value is -3.29. The van der Waals surface area contributed by atoms with Crippen LogP contribution in [0, 0.1) is 0 Å². The molecule has 1 unspecified atom stereocenters. The molecule has 0 aromatic heterocycles. The van der Waals surface area contributed by atoms with Gasteiger partial charge in [-0.05, 0) is 35.9 Å². The second kappa shape index (κ2) is 8.09. The molecular weight excluding hydrogens is 432 g/mol. The van der Waals surface area contributed by atoms with Crippen molar-refractivity contribution < 1.29 is 9.90 Å². The highest BCUT2D eigenvalue weighted by Gasteiger charge is 2.34. The second-order valence-corrected chi connectivity index (χ2v) is 8.48. The number of phenols is 1. The number of para-hydroxylation sites is 1. The van der Waals surface area contributed by atoms with E-state index in [0.29, 0.717) is 27.0 Å². The maximum atomic E-state index is 13.1. The molecule has 1 amide bonds. The average Bonchev–Trinajstić information content (AvgIpc) is 2.78. The lowest BCUT2D eigenvalue weighted by molar-refractivity contribution is -0.116. The van der Waals surface area contributed by atoms with Gasteiger partial charge in [-0.25, -0.2) is 5.01 Å². The first-order valence-electron chi connectivity index (χ1n) is 9.61. The fourth-order valence-corrected chi connectivity index (χ4v) is 4.46. The summed E-state index contributed by atoms with van der Waals surface area (Å²) in [5, 5.41) is 21.8.